The lowest BCUT2D eigenvalue weighted by Crippen LogP contribution is -2.44. The number of likely N-dealkylation sites (tertiary alicyclic amines) is 1. The summed E-state index contributed by atoms with van der Waals surface area (Å²) in [4.78, 5) is 43.2. The number of para-hydroxylation sites is 1. The zero-order chi connectivity index (χ0) is 29.9. The molecule has 2 aliphatic heterocycles. The molecule has 5 rings (SSSR count). The summed E-state index contributed by atoms with van der Waals surface area (Å²) in [5, 5.41) is 21.8. The number of halogens is 1. The van der Waals surface area contributed by atoms with E-state index < -0.39 is 17.4 Å². The molecule has 0 radical (unpaired) electrons. The van der Waals surface area contributed by atoms with Crippen LogP contribution < -0.4 is 9.80 Å². The highest BCUT2D eigenvalue weighted by molar-refractivity contribution is 6.31. The Hall–Kier alpha value is -3.98. The summed E-state index contributed by atoms with van der Waals surface area (Å²) in [6, 6.07) is 21.5. The van der Waals surface area contributed by atoms with E-state index in [0.717, 1.165) is 30.5 Å². The maximum Gasteiger partial charge on any atom is 0.264 e. The predicted octanol–water partition coefficient (Wildman–Crippen LogP) is 4.93. The van der Waals surface area contributed by atoms with Gasteiger partial charge in [0.05, 0.1) is 24.9 Å². The SMILES string of the molecule is C[C@@H](/C=C/CC(=O)N1CCC[C@H]1CO)[C@]1(O)C(=O)N(Cc2ccc(N(C=O)c3ccccc3)cc2)c2ccc(Cl)cc21. The zero-order valence-electron chi connectivity index (χ0n) is 23.4. The van der Waals surface area contributed by atoms with Crippen LogP contribution in [-0.2, 0) is 26.5 Å². The van der Waals surface area contributed by atoms with Gasteiger partial charge in [-0.2, -0.15) is 0 Å². The summed E-state index contributed by atoms with van der Waals surface area (Å²) in [6.45, 7) is 2.51. The van der Waals surface area contributed by atoms with Gasteiger partial charge in [-0.05, 0) is 60.9 Å². The normalized spacial score (nSPS) is 20.7. The lowest BCUT2D eigenvalue weighted by Gasteiger charge is -2.28. The average molecular weight is 588 g/mol. The third kappa shape index (κ3) is 5.57. The second-order valence-corrected chi connectivity index (χ2v) is 11.2. The van der Waals surface area contributed by atoms with Crippen molar-refractivity contribution in [2.45, 2.75) is 44.4 Å². The minimum atomic E-state index is -1.87. The largest absolute Gasteiger partial charge is 0.394 e. The van der Waals surface area contributed by atoms with Crippen LogP contribution >= 0.6 is 11.6 Å². The van der Waals surface area contributed by atoms with E-state index in [2.05, 4.69) is 0 Å². The lowest BCUT2D eigenvalue weighted by atomic mass is 9.83. The van der Waals surface area contributed by atoms with E-state index in [1.54, 1.807) is 47.1 Å². The van der Waals surface area contributed by atoms with Gasteiger partial charge < -0.3 is 20.0 Å². The van der Waals surface area contributed by atoms with Crippen LogP contribution in [0.3, 0.4) is 0 Å². The molecule has 3 amide bonds. The molecule has 0 aliphatic carbocycles. The van der Waals surface area contributed by atoms with Gasteiger partial charge in [-0.3, -0.25) is 19.3 Å². The molecular weight excluding hydrogens is 554 g/mol. The van der Waals surface area contributed by atoms with Gasteiger partial charge in [0.15, 0.2) is 5.60 Å². The number of nitrogens with zero attached hydrogens (tertiary/aromatic N) is 3. The molecule has 0 spiro atoms. The van der Waals surface area contributed by atoms with E-state index in [-0.39, 0.29) is 31.5 Å². The fraction of sp³-hybridized carbons (Fsp3) is 0.303. The van der Waals surface area contributed by atoms with E-state index in [1.807, 2.05) is 54.6 Å². The molecule has 2 aliphatic rings. The highest BCUT2D eigenvalue weighted by Gasteiger charge is 2.52. The molecule has 0 saturated carbocycles. The summed E-state index contributed by atoms with van der Waals surface area (Å²) in [7, 11) is 0. The Labute approximate surface area is 250 Å². The number of fused-ring (bicyclic) bond motifs is 1. The molecule has 1 saturated heterocycles. The Morgan fingerprint density at radius 2 is 1.83 bits per heavy atom. The molecule has 0 unspecified atom stereocenters. The maximum atomic E-state index is 13.9. The fourth-order valence-corrected chi connectivity index (χ4v) is 6.04. The topological polar surface area (TPSA) is 101 Å². The Bertz CT molecular complexity index is 1480. The maximum absolute atomic E-state index is 13.9. The van der Waals surface area contributed by atoms with Gasteiger partial charge in [0.1, 0.15) is 0 Å². The summed E-state index contributed by atoms with van der Waals surface area (Å²) in [5.41, 5.74) is 1.34. The Morgan fingerprint density at radius 1 is 1.12 bits per heavy atom. The minimum absolute atomic E-state index is 0.0570. The zero-order valence-corrected chi connectivity index (χ0v) is 24.2. The highest BCUT2D eigenvalue weighted by Crippen LogP contribution is 2.46. The van der Waals surface area contributed by atoms with Crippen molar-refractivity contribution in [1.29, 1.82) is 0 Å². The van der Waals surface area contributed by atoms with Crippen molar-refractivity contribution in [3.05, 3.63) is 101 Å². The van der Waals surface area contributed by atoms with Crippen molar-refractivity contribution >= 4 is 46.9 Å². The number of aliphatic hydroxyl groups excluding tert-OH is 1. The summed E-state index contributed by atoms with van der Waals surface area (Å²) < 4.78 is 0. The number of carbonyl (C=O) groups is 3. The molecule has 3 aromatic rings. The van der Waals surface area contributed by atoms with Crippen LogP contribution in [-0.4, -0.2) is 52.5 Å². The van der Waals surface area contributed by atoms with Crippen LogP contribution in [0.4, 0.5) is 17.1 Å². The first-order valence-electron chi connectivity index (χ1n) is 14.1. The Morgan fingerprint density at radius 3 is 2.52 bits per heavy atom. The number of aliphatic hydroxyl groups is 2. The molecule has 42 heavy (non-hydrogen) atoms. The molecular formula is C33H34ClN3O5. The van der Waals surface area contributed by atoms with Crippen molar-refractivity contribution < 1.29 is 24.6 Å². The van der Waals surface area contributed by atoms with Crippen LogP contribution in [0, 0.1) is 5.92 Å². The van der Waals surface area contributed by atoms with E-state index in [1.165, 1.54) is 4.90 Å². The molecule has 3 atom stereocenters. The van der Waals surface area contributed by atoms with Gasteiger partial charge in [-0.25, -0.2) is 0 Å². The van der Waals surface area contributed by atoms with Gasteiger partial charge in [0.25, 0.3) is 5.91 Å². The van der Waals surface area contributed by atoms with Gasteiger partial charge in [0, 0.05) is 40.8 Å². The van der Waals surface area contributed by atoms with Crippen molar-refractivity contribution in [3.8, 4) is 0 Å². The first-order chi connectivity index (χ1) is 20.3. The smallest absolute Gasteiger partial charge is 0.264 e. The molecule has 9 heteroatoms. The average Bonchev–Trinajstić information content (AvgIpc) is 3.57. The summed E-state index contributed by atoms with van der Waals surface area (Å²) >= 11 is 6.31. The number of carbonyl (C=O) groups excluding carboxylic acids is 3. The molecule has 1 fully saturated rings. The number of rotatable bonds is 10. The molecule has 0 aromatic heterocycles. The number of benzene rings is 3. The number of hydrogen-bond donors (Lipinski definition) is 2. The first kappa shape index (κ1) is 29.5. The molecule has 8 nitrogen and oxygen atoms in total. The van der Waals surface area contributed by atoms with Crippen molar-refractivity contribution in [2.75, 3.05) is 23.0 Å². The van der Waals surface area contributed by atoms with Crippen molar-refractivity contribution in [1.82, 2.24) is 4.90 Å². The second-order valence-electron chi connectivity index (χ2n) is 10.8. The van der Waals surface area contributed by atoms with Gasteiger partial charge in [-0.15, -0.1) is 0 Å². The standard InChI is InChI=1S/C33H34ClN3O5/c1-23(7-5-11-31(40)35-18-6-10-28(35)21-38)33(42)29-19-25(34)14-17-30(29)36(32(33)41)20-24-12-15-27(16-13-24)37(22-39)26-8-3-2-4-9-26/h2-5,7-9,12-17,19,22-23,28,38,42H,6,10-11,18,20-21H2,1H3/b7-5+/t23-,28-,33+/m0/s1. The van der Waals surface area contributed by atoms with Crippen molar-refractivity contribution in [2.24, 2.45) is 5.92 Å². The minimum Gasteiger partial charge on any atom is -0.394 e. The van der Waals surface area contributed by atoms with Crippen LogP contribution in [0.5, 0.6) is 0 Å². The van der Waals surface area contributed by atoms with E-state index >= 15 is 0 Å². The molecule has 2 N–H and O–H groups in total. The monoisotopic (exact) mass is 587 g/mol. The fourth-order valence-electron chi connectivity index (χ4n) is 5.86. The van der Waals surface area contributed by atoms with Gasteiger partial charge in [-0.1, -0.05) is 61.0 Å². The predicted molar refractivity (Wildman–Crippen MR) is 162 cm³/mol. The third-order valence-electron chi connectivity index (χ3n) is 8.21. The van der Waals surface area contributed by atoms with Crippen LogP contribution in [0.1, 0.15) is 37.3 Å². The van der Waals surface area contributed by atoms with Crippen LogP contribution in [0.2, 0.25) is 5.02 Å². The number of anilines is 3. The van der Waals surface area contributed by atoms with E-state index in [0.29, 0.717) is 28.5 Å². The first-order valence-corrected chi connectivity index (χ1v) is 14.5. The quantitative estimate of drug-likeness (QED) is 0.259. The van der Waals surface area contributed by atoms with Gasteiger partial charge in [0.2, 0.25) is 12.3 Å². The number of amides is 3. The Balaban J connectivity index is 1.34. The molecule has 2 heterocycles. The van der Waals surface area contributed by atoms with Crippen LogP contribution in [0.15, 0.2) is 84.9 Å². The lowest BCUT2D eigenvalue weighted by molar-refractivity contribution is -0.139. The van der Waals surface area contributed by atoms with E-state index in [4.69, 9.17) is 11.6 Å². The van der Waals surface area contributed by atoms with E-state index in [9.17, 15) is 24.6 Å². The van der Waals surface area contributed by atoms with Crippen molar-refractivity contribution in [3.63, 3.8) is 0 Å². The summed E-state index contributed by atoms with van der Waals surface area (Å²) in [6.07, 6.45) is 5.90. The molecule has 218 valence electrons. The highest BCUT2D eigenvalue weighted by atomic mass is 35.5. The third-order valence-corrected chi connectivity index (χ3v) is 8.45. The summed E-state index contributed by atoms with van der Waals surface area (Å²) in [5.74, 6) is -1.22. The van der Waals surface area contributed by atoms with Gasteiger partial charge >= 0.3 is 0 Å². The Kier molecular flexibility index (Phi) is 8.77. The molecule has 0 bridgehead atoms. The molecule has 3 aromatic carbocycles. The number of hydrogen-bond acceptors (Lipinski definition) is 5. The van der Waals surface area contributed by atoms with Crippen LogP contribution in [0.25, 0.3) is 0 Å². The second kappa shape index (κ2) is 12.5.